The van der Waals surface area contributed by atoms with E-state index in [2.05, 4.69) is 14.8 Å². The maximum absolute atomic E-state index is 13.8. The Labute approximate surface area is 342 Å². The smallest absolute Gasteiger partial charge is 0.336 e. The van der Waals surface area contributed by atoms with Crippen molar-refractivity contribution >= 4 is 64.8 Å². The number of anilines is 1. The summed E-state index contributed by atoms with van der Waals surface area (Å²) in [5.41, 5.74) is 3.27. The molecule has 0 saturated carbocycles. The van der Waals surface area contributed by atoms with Gasteiger partial charge in [0.05, 0.1) is 17.0 Å². The number of hydrogen-bond acceptors (Lipinski definition) is 12. The summed E-state index contributed by atoms with van der Waals surface area (Å²) in [6, 6.07) is 7.87. The third-order valence-electron chi connectivity index (χ3n) is 8.84. The van der Waals surface area contributed by atoms with Crippen LogP contribution in [0.5, 0.6) is 5.75 Å². The zero-order valence-electron chi connectivity index (χ0n) is 31.0. The summed E-state index contributed by atoms with van der Waals surface area (Å²) in [7, 11) is -14.5. The molecule has 0 aromatic heterocycles. The molecule has 0 bridgehead atoms. The van der Waals surface area contributed by atoms with Crippen molar-refractivity contribution in [1.82, 2.24) is 10.0 Å². The molecule has 1 heterocycles. The highest BCUT2D eigenvalue weighted by molar-refractivity contribution is 7.89. The average molecular weight is 918 g/mol. The molecule has 25 heteroatoms. The van der Waals surface area contributed by atoms with E-state index in [0.29, 0.717) is 0 Å². The molecule has 326 valence electrons. The Hall–Kier alpha value is -5.99. The second-order valence-electron chi connectivity index (χ2n) is 13.1. The first-order valence-corrected chi connectivity index (χ1v) is 22.0. The zero-order valence-corrected chi connectivity index (χ0v) is 33.4. The van der Waals surface area contributed by atoms with E-state index in [1.807, 2.05) is 0 Å². The highest BCUT2D eigenvalue weighted by atomic mass is 32.2. The summed E-state index contributed by atoms with van der Waals surface area (Å²) in [6.45, 7) is -0.580. The molecule has 3 aromatic rings. The van der Waals surface area contributed by atoms with Gasteiger partial charge in [-0.15, -0.1) is 0 Å². The van der Waals surface area contributed by atoms with Gasteiger partial charge in [0.25, 0.3) is 36.2 Å². The van der Waals surface area contributed by atoms with Crippen molar-refractivity contribution in [3.63, 3.8) is 0 Å². The van der Waals surface area contributed by atoms with Gasteiger partial charge in [0.2, 0.25) is 22.7 Å². The lowest BCUT2D eigenvalue weighted by Gasteiger charge is -2.20. The van der Waals surface area contributed by atoms with E-state index in [9.17, 15) is 66.9 Å². The van der Waals surface area contributed by atoms with Crippen molar-refractivity contribution in [1.29, 1.82) is 0 Å². The van der Waals surface area contributed by atoms with Gasteiger partial charge in [-0.25, -0.2) is 26.7 Å². The van der Waals surface area contributed by atoms with Crippen LogP contribution in [-0.2, 0) is 35.1 Å². The number of nitrogens with one attached hydrogen (secondary N) is 2. The van der Waals surface area contributed by atoms with Gasteiger partial charge < -0.3 is 25.3 Å². The van der Waals surface area contributed by atoms with E-state index in [1.54, 1.807) is 0 Å². The quantitative estimate of drug-likeness (QED) is 0.0103. The van der Waals surface area contributed by atoms with Crippen molar-refractivity contribution in [2.24, 2.45) is 0 Å². The Morgan fingerprint density at radius 3 is 2.08 bits per heavy atom. The van der Waals surface area contributed by atoms with E-state index >= 15 is 0 Å². The minimum atomic E-state index is -5.24. The van der Waals surface area contributed by atoms with Crippen molar-refractivity contribution in [3.8, 4) is 28.2 Å². The van der Waals surface area contributed by atoms with Gasteiger partial charge >= 0.3 is 11.9 Å². The number of halogens is 4. The van der Waals surface area contributed by atoms with E-state index in [0.717, 1.165) is 24.3 Å². The number of carbonyl (C=O) groups is 3. The maximum Gasteiger partial charge on any atom is 0.336 e. The van der Waals surface area contributed by atoms with Crippen LogP contribution in [0.4, 0.5) is 23.2 Å². The number of carbonyl (C=O) groups excluding carboxylic acids is 2. The molecule has 61 heavy (non-hydrogen) atoms. The van der Waals surface area contributed by atoms with Gasteiger partial charge in [0.15, 0.2) is 32.8 Å². The number of carboxylic acids is 1. The SMILES string of the molecule is Nc1ccc2c(-c3ccc(C(=O)NCCCCCC(=O)Oc4c(F)c(F)cc(F)c4F)cc3C(=O)O)c3ccc(=[NH2+])c(S(=O)(=O)NCCCS(=O)(=O)O)c-3oc2c1S(=O)(=O)O. The van der Waals surface area contributed by atoms with Gasteiger partial charge in [0.1, 0.15) is 0 Å². The van der Waals surface area contributed by atoms with Crippen molar-refractivity contribution in [2.45, 2.75) is 41.9 Å². The fourth-order valence-corrected chi connectivity index (χ4v) is 8.72. The van der Waals surface area contributed by atoms with Crippen LogP contribution in [0.3, 0.4) is 0 Å². The van der Waals surface area contributed by atoms with Gasteiger partial charge in [0, 0.05) is 53.7 Å². The van der Waals surface area contributed by atoms with Crippen molar-refractivity contribution < 1.29 is 86.0 Å². The Balaban J connectivity index is 1.45. The highest BCUT2D eigenvalue weighted by Gasteiger charge is 2.34. The molecule has 5 rings (SSSR count). The number of benzene rings is 4. The fraction of sp³-hybridized carbons (Fsp3) is 0.222. The number of nitrogen functional groups attached to an aromatic ring is 1. The molecule has 0 atom stereocenters. The third-order valence-corrected chi connectivity index (χ3v) is 12.1. The number of hydrogen-bond donors (Lipinski definition) is 7. The minimum absolute atomic E-state index is 0.0335. The van der Waals surface area contributed by atoms with Crippen LogP contribution in [0.1, 0.15) is 52.8 Å². The second-order valence-corrected chi connectivity index (χ2v) is 17.7. The molecule has 0 radical (unpaired) electrons. The first-order valence-electron chi connectivity index (χ1n) is 17.4. The number of carboxylic acid groups (broad SMARTS) is 1. The van der Waals surface area contributed by atoms with Crippen LogP contribution in [0.25, 0.3) is 33.4 Å². The molecule has 18 nitrogen and oxygen atoms in total. The number of sulfonamides is 1. The predicted molar refractivity (Wildman–Crippen MR) is 203 cm³/mol. The molecule has 1 aliphatic carbocycles. The van der Waals surface area contributed by atoms with Crippen LogP contribution in [0, 0.1) is 23.3 Å². The maximum atomic E-state index is 13.8. The number of fused-ring (bicyclic) bond motifs is 2. The summed E-state index contributed by atoms with van der Waals surface area (Å²) in [5.74, 6) is -13.9. The fourth-order valence-electron chi connectivity index (χ4n) is 6.13. The summed E-state index contributed by atoms with van der Waals surface area (Å²) in [6.07, 6.45) is -0.311. The first-order chi connectivity index (χ1) is 28.4. The molecule has 0 fully saturated rings. The summed E-state index contributed by atoms with van der Waals surface area (Å²) >= 11 is 0. The summed E-state index contributed by atoms with van der Waals surface area (Å²) < 4.78 is 161. The van der Waals surface area contributed by atoms with Gasteiger partial charge in [-0.3, -0.25) is 24.1 Å². The molecule has 0 saturated heterocycles. The number of rotatable bonds is 17. The van der Waals surface area contributed by atoms with Gasteiger partial charge in [-0.05, 0) is 55.2 Å². The van der Waals surface area contributed by atoms with Crippen LogP contribution < -0.4 is 31.3 Å². The Morgan fingerprint density at radius 2 is 1.46 bits per heavy atom. The van der Waals surface area contributed by atoms with Crippen LogP contribution in [-0.4, -0.2) is 76.2 Å². The standard InChI is InChI=1S/C36H32F4N4O14S3/c37-22-16-23(38)29(40)32(28(22)39)57-26(45)5-2-1-3-12-43-35(46)17-6-7-18(21(15-17)36(47)48)27-19-8-10-24(41)33(60(52,53)44-13-4-14-59(49,50)51)30(19)58-31-20(27)9-11-25(42)34(31)61(54,55)56/h6-11,15-16,41,44H,1-5,12-14,42H2,(H,43,46)(H,47,48)(H,49,50,51)(H,54,55,56)/p+1. The normalized spacial score (nSPS) is 12.2. The Morgan fingerprint density at radius 1 is 0.803 bits per heavy atom. The zero-order chi connectivity index (χ0) is 45.2. The van der Waals surface area contributed by atoms with E-state index in [-0.39, 0.29) is 59.5 Å². The van der Waals surface area contributed by atoms with E-state index < -0.39 is 140 Å². The first kappa shape index (κ1) is 46.1. The van der Waals surface area contributed by atoms with Gasteiger partial charge in [-0.1, -0.05) is 12.5 Å². The number of ether oxygens (including phenoxy) is 1. The monoisotopic (exact) mass is 917 g/mol. The topological polar surface area (TPSA) is 312 Å². The van der Waals surface area contributed by atoms with Crippen LogP contribution in [0.2, 0.25) is 0 Å². The molecule has 1 aliphatic heterocycles. The number of aromatic carboxylic acids is 1. The van der Waals surface area contributed by atoms with E-state index in [4.69, 9.17) is 20.1 Å². The number of esters is 1. The molecule has 2 aliphatic rings. The highest BCUT2D eigenvalue weighted by Crippen LogP contribution is 2.45. The number of nitrogens with two attached hydrogens (primary N) is 2. The molecular formula is C36H33F4N4O14S3+. The summed E-state index contributed by atoms with van der Waals surface area (Å²) in [5, 5.41) is 18.3. The van der Waals surface area contributed by atoms with E-state index in [1.165, 1.54) is 18.2 Å². The molecule has 0 unspecified atom stereocenters. The average Bonchev–Trinajstić information content (AvgIpc) is 3.16. The molecule has 9 N–H and O–H groups in total. The Bertz CT molecular complexity index is 2960. The molecule has 1 amide bonds. The predicted octanol–water partition coefficient (Wildman–Crippen LogP) is 2.40. The number of amides is 1. The lowest BCUT2D eigenvalue weighted by atomic mass is 9.89. The third kappa shape index (κ3) is 10.3. The number of unbranched alkanes of at least 4 members (excludes halogenated alkanes) is 2. The summed E-state index contributed by atoms with van der Waals surface area (Å²) in [4.78, 5) is 36.1. The van der Waals surface area contributed by atoms with Crippen molar-refractivity contribution in [2.75, 3.05) is 24.6 Å². The second kappa shape index (κ2) is 17.9. The molecule has 3 aromatic carbocycles. The lowest BCUT2D eigenvalue weighted by molar-refractivity contribution is -0.176. The van der Waals surface area contributed by atoms with Gasteiger partial charge in [-0.2, -0.15) is 25.6 Å². The lowest BCUT2D eigenvalue weighted by Crippen LogP contribution is -2.49. The molecule has 0 spiro atoms. The Kier molecular flexibility index (Phi) is 13.5. The molecular weight excluding hydrogens is 885 g/mol. The minimum Gasteiger partial charge on any atom is -0.478 e. The van der Waals surface area contributed by atoms with Crippen LogP contribution in [0.15, 0.2) is 62.7 Å². The van der Waals surface area contributed by atoms with Crippen molar-refractivity contribution in [3.05, 3.63) is 88.3 Å². The largest absolute Gasteiger partial charge is 0.478 e. The van der Waals surface area contributed by atoms with Crippen LogP contribution >= 0.6 is 0 Å².